The van der Waals surface area contributed by atoms with Gasteiger partial charge in [0.1, 0.15) is 5.82 Å². The normalized spacial score (nSPS) is 17.4. The molecular weight excluding hydrogens is 347 g/mol. The van der Waals surface area contributed by atoms with Crippen LogP contribution in [0.3, 0.4) is 0 Å². The monoisotopic (exact) mass is 370 g/mol. The van der Waals surface area contributed by atoms with Crippen LogP contribution in [-0.2, 0) is 22.6 Å². The van der Waals surface area contributed by atoms with E-state index in [0.717, 1.165) is 5.56 Å². The van der Waals surface area contributed by atoms with Crippen LogP contribution in [0.15, 0.2) is 48.8 Å². The molecule has 2 amide bonds. The van der Waals surface area contributed by atoms with E-state index in [2.05, 4.69) is 15.6 Å². The summed E-state index contributed by atoms with van der Waals surface area (Å²) >= 11 is 0. The predicted octanol–water partition coefficient (Wildman–Crippen LogP) is 1.27. The van der Waals surface area contributed by atoms with E-state index in [-0.39, 0.29) is 24.1 Å². The van der Waals surface area contributed by atoms with Gasteiger partial charge in [-0.15, -0.1) is 0 Å². The van der Waals surface area contributed by atoms with E-state index >= 15 is 0 Å². The Morgan fingerprint density at radius 3 is 2.93 bits per heavy atom. The molecule has 27 heavy (non-hydrogen) atoms. The van der Waals surface area contributed by atoms with Gasteiger partial charge in [-0.25, -0.2) is 4.39 Å². The Labute approximate surface area is 157 Å². The third-order valence-electron chi connectivity index (χ3n) is 4.61. The van der Waals surface area contributed by atoms with Gasteiger partial charge in [0.25, 0.3) is 0 Å². The van der Waals surface area contributed by atoms with Crippen molar-refractivity contribution >= 4 is 11.8 Å². The van der Waals surface area contributed by atoms with Gasteiger partial charge in [-0.05, 0) is 24.1 Å². The number of amides is 2. The zero-order chi connectivity index (χ0) is 19.1. The molecule has 6 nitrogen and oxygen atoms in total. The average Bonchev–Trinajstić information content (AvgIpc) is 2.67. The van der Waals surface area contributed by atoms with Crippen LogP contribution in [0.5, 0.6) is 0 Å². The molecule has 7 heteroatoms. The second-order valence-corrected chi connectivity index (χ2v) is 6.53. The van der Waals surface area contributed by atoms with E-state index in [0.29, 0.717) is 38.2 Å². The third-order valence-corrected chi connectivity index (χ3v) is 4.61. The first-order chi connectivity index (χ1) is 13.1. The second kappa shape index (κ2) is 9.23. The van der Waals surface area contributed by atoms with Gasteiger partial charge < -0.3 is 10.6 Å². The van der Waals surface area contributed by atoms with Crippen LogP contribution in [-0.4, -0.2) is 47.4 Å². The molecule has 0 aliphatic carbocycles. The van der Waals surface area contributed by atoms with Crippen LogP contribution in [0.25, 0.3) is 0 Å². The van der Waals surface area contributed by atoms with Crippen molar-refractivity contribution in [1.82, 2.24) is 20.5 Å². The quantitative estimate of drug-likeness (QED) is 0.770. The van der Waals surface area contributed by atoms with Gasteiger partial charge >= 0.3 is 0 Å². The fraction of sp³-hybridized carbons (Fsp3) is 0.350. The van der Waals surface area contributed by atoms with E-state index in [1.165, 1.54) is 6.07 Å². The number of piperazine rings is 1. The second-order valence-electron chi connectivity index (χ2n) is 6.53. The van der Waals surface area contributed by atoms with Gasteiger partial charge in [0.15, 0.2) is 0 Å². The van der Waals surface area contributed by atoms with Crippen molar-refractivity contribution in [2.24, 2.45) is 0 Å². The molecule has 1 fully saturated rings. The largest absolute Gasteiger partial charge is 0.356 e. The van der Waals surface area contributed by atoms with Gasteiger partial charge in [-0.3, -0.25) is 19.5 Å². The third kappa shape index (κ3) is 5.34. The Morgan fingerprint density at radius 1 is 1.30 bits per heavy atom. The van der Waals surface area contributed by atoms with Crippen LogP contribution in [0, 0.1) is 5.82 Å². The smallest absolute Gasteiger partial charge is 0.237 e. The van der Waals surface area contributed by atoms with Gasteiger partial charge in [-0.2, -0.15) is 0 Å². The van der Waals surface area contributed by atoms with Crippen LogP contribution >= 0.6 is 0 Å². The van der Waals surface area contributed by atoms with Crippen molar-refractivity contribution in [1.29, 1.82) is 0 Å². The molecule has 1 unspecified atom stereocenters. The number of rotatable bonds is 7. The molecule has 1 aromatic carbocycles. The van der Waals surface area contributed by atoms with Crippen molar-refractivity contribution < 1.29 is 14.0 Å². The molecule has 0 spiro atoms. The minimum absolute atomic E-state index is 0.0489. The van der Waals surface area contributed by atoms with Crippen LogP contribution in [0.4, 0.5) is 4.39 Å². The Hall–Kier alpha value is -2.80. The van der Waals surface area contributed by atoms with Crippen molar-refractivity contribution in [2.75, 3.05) is 19.6 Å². The van der Waals surface area contributed by atoms with Gasteiger partial charge in [-0.1, -0.05) is 24.3 Å². The van der Waals surface area contributed by atoms with Crippen LogP contribution in [0.2, 0.25) is 0 Å². The standard InChI is InChI=1S/C20H23FN4O2/c21-17-6-2-1-5-16(17)14-25-11-10-24-20(27)18(25)12-19(26)23-9-7-15-4-3-8-22-13-15/h1-6,8,13,18H,7,9-12,14H2,(H,23,26)(H,24,27). The van der Waals surface area contributed by atoms with Gasteiger partial charge in [0.2, 0.25) is 11.8 Å². The number of hydrogen-bond donors (Lipinski definition) is 2. The van der Waals surface area contributed by atoms with E-state index < -0.39 is 6.04 Å². The van der Waals surface area contributed by atoms with Gasteiger partial charge in [0.05, 0.1) is 12.5 Å². The molecule has 142 valence electrons. The van der Waals surface area contributed by atoms with E-state index in [9.17, 15) is 14.0 Å². The van der Waals surface area contributed by atoms with Crippen molar-refractivity contribution in [3.63, 3.8) is 0 Å². The number of nitrogens with zero attached hydrogens (tertiary/aromatic N) is 2. The molecule has 1 atom stereocenters. The van der Waals surface area contributed by atoms with E-state index in [1.54, 1.807) is 30.6 Å². The molecule has 2 N–H and O–H groups in total. The molecule has 1 aliphatic rings. The fourth-order valence-electron chi connectivity index (χ4n) is 3.16. The zero-order valence-corrected chi connectivity index (χ0v) is 15.0. The van der Waals surface area contributed by atoms with Gasteiger partial charge in [0, 0.05) is 44.1 Å². The Morgan fingerprint density at radius 2 is 2.15 bits per heavy atom. The lowest BCUT2D eigenvalue weighted by atomic mass is 10.1. The number of carbonyl (C=O) groups is 2. The highest BCUT2D eigenvalue weighted by Crippen LogP contribution is 2.16. The van der Waals surface area contributed by atoms with Crippen LogP contribution < -0.4 is 10.6 Å². The SMILES string of the molecule is O=C(CC1C(=O)NCCN1Cc1ccccc1F)NCCc1cccnc1. The average molecular weight is 370 g/mol. The first-order valence-corrected chi connectivity index (χ1v) is 9.04. The molecule has 1 aliphatic heterocycles. The number of pyridine rings is 1. The maximum absolute atomic E-state index is 13.9. The van der Waals surface area contributed by atoms with Crippen molar-refractivity contribution in [3.05, 3.63) is 65.7 Å². The highest BCUT2D eigenvalue weighted by atomic mass is 19.1. The maximum Gasteiger partial charge on any atom is 0.237 e. The molecule has 0 radical (unpaired) electrons. The first-order valence-electron chi connectivity index (χ1n) is 9.04. The molecular formula is C20H23FN4O2. The lowest BCUT2D eigenvalue weighted by Crippen LogP contribution is -2.56. The highest BCUT2D eigenvalue weighted by Gasteiger charge is 2.31. The first kappa shape index (κ1) is 19.0. The Kier molecular flexibility index (Phi) is 6.49. The number of halogens is 1. The number of aromatic nitrogens is 1. The minimum Gasteiger partial charge on any atom is -0.356 e. The summed E-state index contributed by atoms with van der Waals surface area (Å²) in [5, 5.41) is 5.63. The lowest BCUT2D eigenvalue weighted by molar-refractivity contribution is -0.134. The summed E-state index contributed by atoms with van der Waals surface area (Å²) in [6.45, 7) is 1.85. The Balaban J connectivity index is 1.55. The Bertz CT molecular complexity index is 785. The zero-order valence-electron chi connectivity index (χ0n) is 15.0. The van der Waals surface area contributed by atoms with E-state index in [1.807, 2.05) is 17.0 Å². The summed E-state index contributed by atoms with van der Waals surface area (Å²) in [5.41, 5.74) is 1.56. The molecule has 1 saturated heterocycles. The van der Waals surface area contributed by atoms with E-state index in [4.69, 9.17) is 0 Å². The summed E-state index contributed by atoms with van der Waals surface area (Å²) in [6.07, 6.45) is 4.19. The highest BCUT2D eigenvalue weighted by molar-refractivity contribution is 5.88. The summed E-state index contributed by atoms with van der Waals surface area (Å²) in [6, 6.07) is 9.70. The number of benzene rings is 1. The summed E-state index contributed by atoms with van der Waals surface area (Å²) < 4.78 is 13.9. The molecule has 2 heterocycles. The van der Waals surface area contributed by atoms with Crippen LogP contribution in [0.1, 0.15) is 17.5 Å². The molecule has 2 aromatic rings. The summed E-state index contributed by atoms with van der Waals surface area (Å²) in [5.74, 6) is -0.692. The fourth-order valence-corrected chi connectivity index (χ4v) is 3.16. The molecule has 1 aromatic heterocycles. The number of hydrogen-bond acceptors (Lipinski definition) is 4. The molecule has 0 saturated carbocycles. The minimum atomic E-state index is -0.600. The van der Waals surface area contributed by atoms with Crippen molar-refractivity contribution in [2.45, 2.75) is 25.4 Å². The summed E-state index contributed by atoms with van der Waals surface area (Å²) in [4.78, 5) is 30.5. The number of carbonyl (C=O) groups excluding carboxylic acids is 2. The summed E-state index contributed by atoms with van der Waals surface area (Å²) in [7, 11) is 0. The maximum atomic E-state index is 13.9. The predicted molar refractivity (Wildman–Crippen MR) is 99.2 cm³/mol. The topological polar surface area (TPSA) is 74.3 Å². The van der Waals surface area contributed by atoms with Crippen molar-refractivity contribution in [3.8, 4) is 0 Å². The molecule has 3 rings (SSSR count). The number of nitrogens with one attached hydrogen (secondary N) is 2. The molecule has 0 bridgehead atoms. The lowest BCUT2D eigenvalue weighted by Gasteiger charge is -2.34.